The molecule has 10 rings (SSSR count). The topological polar surface area (TPSA) is 41.9 Å². The Kier molecular flexibility index (Phi) is 7.85. The van der Waals surface area contributed by atoms with Crippen LogP contribution in [-0.4, -0.2) is 15.0 Å². The van der Waals surface area contributed by atoms with Crippen molar-refractivity contribution in [3.05, 3.63) is 205 Å². The number of anilines is 3. The lowest BCUT2D eigenvalue weighted by Crippen LogP contribution is -2.09. The smallest absolute Gasteiger partial charge is 0.164 e. The van der Waals surface area contributed by atoms with Crippen LogP contribution >= 0.6 is 0 Å². The molecule has 4 nitrogen and oxygen atoms in total. The van der Waals surface area contributed by atoms with E-state index in [0.717, 1.165) is 40.2 Å². The number of aromatic nitrogens is 3. The maximum Gasteiger partial charge on any atom is 0.164 e. The molecule has 0 unspecified atom stereocenters. The zero-order chi connectivity index (χ0) is 35.8. The summed E-state index contributed by atoms with van der Waals surface area (Å²) >= 11 is 0. The Hall–Kier alpha value is -7.17. The molecule has 1 aliphatic carbocycles. The van der Waals surface area contributed by atoms with Crippen LogP contribution in [0.5, 0.6) is 0 Å². The molecule has 0 saturated heterocycles. The molecule has 254 valence electrons. The SMILES string of the molecule is c1ccc(-c2nc(-c3ccccc3)nc(-c3ccc4c(c3)Cc3ccc(-c5ccc(N(c6ccccc6)c6ccc7ccccc7c6)cc5)cc3-4)n2)cc1. The molecule has 9 aromatic rings. The van der Waals surface area contributed by atoms with Gasteiger partial charge in [-0.2, -0.15) is 0 Å². The summed E-state index contributed by atoms with van der Waals surface area (Å²) < 4.78 is 0. The largest absolute Gasteiger partial charge is 0.310 e. The Morgan fingerprint density at radius 3 is 1.54 bits per heavy atom. The second-order valence-electron chi connectivity index (χ2n) is 13.7. The highest BCUT2D eigenvalue weighted by Gasteiger charge is 2.21. The maximum absolute atomic E-state index is 4.97. The zero-order valence-corrected chi connectivity index (χ0v) is 29.5. The van der Waals surface area contributed by atoms with E-state index < -0.39 is 0 Å². The standard InChI is InChI=1S/C50H34N4/c1-4-13-36(14-5-1)48-51-49(37-15-6-2-7-16-37)53-50(52-48)41-25-29-46-42(31-41)30-40-21-20-39(33-47(40)46)35-22-26-44(27-23-35)54(43-18-8-3-9-19-43)45-28-24-34-12-10-11-17-38(34)32-45/h1-29,31-33H,30H2. The number of nitrogens with zero attached hydrogens (tertiary/aromatic N) is 4. The normalized spacial score (nSPS) is 11.6. The van der Waals surface area contributed by atoms with Crippen LogP contribution in [0.4, 0.5) is 17.1 Å². The van der Waals surface area contributed by atoms with Gasteiger partial charge in [-0.1, -0.05) is 146 Å². The minimum atomic E-state index is 0.669. The van der Waals surface area contributed by atoms with Crippen LogP contribution in [0.25, 0.3) is 67.2 Å². The van der Waals surface area contributed by atoms with E-state index in [1.807, 2.05) is 60.7 Å². The van der Waals surface area contributed by atoms with Crippen molar-refractivity contribution in [2.24, 2.45) is 0 Å². The first-order chi connectivity index (χ1) is 26.7. The van der Waals surface area contributed by atoms with Gasteiger partial charge in [0.05, 0.1) is 0 Å². The molecule has 0 atom stereocenters. The van der Waals surface area contributed by atoms with Gasteiger partial charge in [0.2, 0.25) is 0 Å². The first-order valence-corrected chi connectivity index (χ1v) is 18.3. The highest BCUT2D eigenvalue weighted by molar-refractivity contribution is 5.90. The fourth-order valence-electron chi connectivity index (χ4n) is 7.59. The van der Waals surface area contributed by atoms with Gasteiger partial charge >= 0.3 is 0 Å². The van der Waals surface area contributed by atoms with E-state index in [1.165, 1.54) is 44.2 Å². The van der Waals surface area contributed by atoms with Gasteiger partial charge in [0, 0.05) is 33.8 Å². The van der Waals surface area contributed by atoms with E-state index in [-0.39, 0.29) is 0 Å². The van der Waals surface area contributed by atoms with E-state index in [4.69, 9.17) is 15.0 Å². The molecule has 54 heavy (non-hydrogen) atoms. The number of hydrogen-bond acceptors (Lipinski definition) is 4. The lowest BCUT2D eigenvalue weighted by molar-refractivity contribution is 1.07. The van der Waals surface area contributed by atoms with Gasteiger partial charge in [0.1, 0.15) is 0 Å². The molecule has 1 heterocycles. The Bertz CT molecular complexity index is 2720. The molecule has 0 radical (unpaired) electrons. The summed E-state index contributed by atoms with van der Waals surface area (Å²) in [6.45, 7) is 0. The van der Waals surface area contributed by atoms with E-state index in [0.29, 0.717) is 17.5 Å². The summed E-state index contributed by atoms with van der Waals surface area (Å²) in [5.74, 6) is 2.02. The van der Waals surface area contributed by atoms with Crippen LogP contribution < -0.4 is 4.90 Å². The molecule has 8 aromatic carbocycles. The van der Waals surface area contributed by atoms with Gasteiger partial charge in [-0.05, 0) is 99.1 Å². The van der Waals surface area contributed by atoms with Crippen LogP contribution in [0.15, 0.2) is 194 Å². The number of para-hydroxylation sites is 1. The van der Waals surface area contributed by atoms with Crippen molar-refractivity contribution in [1.29, 1.82) is 0 Å². The van der Waals surface area contributed by atoms with E-state index in [1.54, 1.807) is 0 Å². The average Bonchev–Trinajstić information content (AvgIpc) is 3.62. The molecule has 1 aromatic heterocycles. The average molecular weight is 691 g/mol. The fraction of sp³-hybridized carbons (Fsp3) is 0.0200. The molecule has 0 fully saturated rings. The summed E-state index contributed by atoms with van der Waals surface area (Å²) in [6, 6.07) is 68.5. The van der Waals surface area contributed by atoms with Crippen molar-refractivity contribution >= 4 is 27.8 Å². The molecule has 1 aliphatic rings. The van der Waals surface area contributed by atoms with E-state index in [2.05, 4.69) is 138 Å². The molecule has 0 bridgehead atoms. The summed E-state index contributed by atoms with van der Waals surface area (Å²) in [5.41, 5.74) is 13.8. The maximum atomic E-state index is 4.97. The predicted molar refractivity (Wildman–Crippen MR) is 222 cm³/mol. The number of benzene rings is 8. The van der Waals surface area contributed by atoms with Crippen LogP contribution in [0, 0.1) is 0 Å². The lowest BCUT2D eigenvalue weighted by Gasteiger charge is -2.26. The third-order valence-electron chi connectivity index (χ3n) is 10.3. The second kappa shape index (κ2) is 13.4. The molecular weight excluding hydrogens is 657 g/mol. The second-order valence-corrected chi connectivity index (χ2v) is 13.7. The van der Waals surface area contributed by atoms with Crippen molar-refractivity contribution < 1.29 is 0 Å². The summed E-state index contributed by atoms with van der Waals surface area (Å²) in [5, 5.41) is 2.46. The minimum absolute atomic E-state index is 0.669. The highest BCUT2D eigenvalue weighted by atomic mass is 15.1. The van der Waals surface area contributed by atoms with Crippen molar-refractivity contribution in [2.75, 3.05) is 4.90 Å². The van der Waals surface area contributed by atoms with Crippen molar-refractivity contribution in [3.8, 4) is 56.4 Å². The summed E-state index contributed by atoms with van der Waals surface area (Å²) in [4.78, 5) is 17.1. The van der Waals surface area contributed by atoms with Gasteiger partial charge in [-0.25, -0.2) is 15.0 Å². The summed E-state index contributed by atoms with van der Waals surface area (Å²) in [7, 11) is 0. The fourth-order valence-corrected chi connectivity index (χ4v) is 7.59. The highest BCUT2D eigenvalue weighted by Crippen LogP contribution is 2.42. The zero-order valence-electron chi connectivity index (χ0n) is 29.5. The third-order valence-corrected chi connectivity index (χ3v) is 10.3. The van der Waals surface area contributed by atoms with Gasteiger partial charge in [0.25, 0.3) is 0 Å². The van der Waals surface area contributed by atoms with Crippen molar-refractivity contribution in [2.45, 2.75) is 6.42 Å². The van der Waals surface area contributed by atoms with Gasteiger partial charge in [-0.3, -0.25) is 0 Å². The third kappa shape index (κ3) is 5.90. The Labute approximate surface area is 314 Å². The van der Waals surface area contributed by atoms with Crippen molar-refractivity contribution in [1.82, 2.24) is 15.0 Å². The summed E-state index contributed by atoms with van der Waals surface area (Å²) in [6.07, 6.45) is 0.873. The first kappa shape index (κ1) is 31.6. The first-order valence-electron chi connectivity index (χ1n) is 18.3. The van der Waals surface area contributed by atoms with Crippen LogP contribution in [-0.2, 0) is 6.42 Å². The Morgan fingerprint density at radius 1 is 0.315 bits per heavy atom. The monoisotopic (exact) mass is 690 g/mol. The van der Waals surface area contributed by atoms with E-state index in [9.17, 15) is 0 Å². The number of hydrogen-bond donors (Lipinski definition) is 0. The molecular formula is C50H34N4. The van der Waals surface area contributed by atoms with Crippen LogP contribution in [0.1, 0.15) is 11.1 Å². The molecule has 4 heteroatoms. The van der Waals surface area contributed by atoms with E-state index >= 15 is 0 Å². The molecule has 0 saturated carbocycles. The molecule has 0 aliphatic heterocycles. The Balaban J connectivity index is 0.974. The minimum Gasteiger partial charge on any atom is -0.310 e. The molecule has 0 N–H and O–H groups in total. The lowest BCUT2D eigenvalue weighted by atomic mass is 9.98. The van der Waals surface area contributed by atoms with Gasteiger partial charge in [0.15, 0.2) is 17.5 Å². The number of fused-ring (bicyclic) bond motifs is 4. The van der Waals surface area contributed by atoms with Gasteiger partial charge in [-0.15, -0.1) is 0 Å². The van der Waals surface area contributed by atoms with Crippen LogP contribution in [0.3, 0.4) is 0 Å². The predicted octanol–water partition coefficient (Wildman–Crippen LogP) is 12.7. The molecule has 0 amide bonds. The van der Waals surface area contributed by atoms with Gasteiger partial charge < -0.3 is 4.90 Å². The van der Waals surface area contributed by atoms with Crippen molar-refractivity contribution in [3.63, 3.8) is 0 Å². The number of rotatable bonds is 7. The quantitative estimate of drug-likeness (QED) is 0.167. The molecule has 0 spiro atoms. The van der Waals surface area contributed by atoms with Crippen LogP contribution in [0.2, 0.25) is 0 Å². The Morgan fingerprint density at radius 2 is 0.852 bits per heavy atom.